The van der Waals surface area contributed by atoms with E-state index < -0.39 is 65.6 Å². The molecular formula is C46H64ClN5O9. The number of carbonyl (C=O) groups is 5. The quantitative estimate of drug-likeness (QED) is 0.0620. The number of amides is 4. The fraction of sp³-hybridized carbons (Fsp3) is 0.500. The lowest BCUT2D eigenvalue weighted by Gasteiger charge is -2.30. The number of nitrogens with two attached hydrogens (primary N) is 1. The maximum Gasteiger partial charge on any atom is 0.328 e. The molecule has 0 saturated carbocycles. The Morgan fingerprint density at radius 3 is 2.15 bits per heavy atom. The van der Waals surface area contributed by atoms with Gasteiger partial charge in [-0.05, 0) is 59.7 Å². The van der Waals surface area contributed by atoms with Crippen molar-refractivity contribution in [3.05, 3.63) is 83.4 Å². The number of unbranched alkanes of at least 4 members (excludes halogenated alkanes) is 8. The number of phenolic OH excluding ortho intramolecular Hbond substituents is 1. The minimum absolute atomic E-state index is 0. The van der Waals surface area contributed by atoms with E-state index in [1.165, 1.54) is 44.9 Å². The first-order valence-corrected chi connectivity index (χ1v) is 21.2. The summed E-state index contributed by atoms with van der Waals surface area (Å²) in [5.74, 6) is -3.99. The Kier molecular flexibility index (Phi) is 20.9. The van der Waals surface area contributed by atoms with Crippen molar-refractivity contribution in [1.29, 1.82) is 0 Å². The number of methoxy groups -OCH3 is 1. The molecule has 4 bridgehead atoms. The molecule has 4 amide bonds. The number of benzene rings is 3. The summed E-state index contributed by atoms with van der Waals surface area (Å²) in [7, 11) is 1.33. The van der Waals surface area contributed by atoms with Gasteiger partial charge in [-0.1, -0.05) is 115 Å². The third-order valence-corrected chi connectivity index (χ3v) is 10.5. The van der Waals surface area contributed by atoms with Crippen molar-refractivity contribution < 1.29 is 43.7 Å². The van der Waals surface area contributed by atoms with Crippen molar-refractivity contribution in [2.75, 3.05) is 7.11 Å². The van der Waals surface area contributed by atoms with Crippen LogP contribution in [0.4, 0.5) is 0 Å². The number of carboxylic acid groups (broad SMARTS) is 1. The summed E-state index contributed by atoms with van der Waals surface area (Å²) in [5.41, 5.74) is 7.62. The Bertz CT molecular complexity index is 1880. The van der Waals surface area contributed by atoms with Crippen molar-refractivity contribution in [2.24, 2.45) is 11.7 Å². The highest BCUT2D eigenvalue weighted by molar-refractivity contribution is 5.94. The number of rotatable bonds is 20. The van der Waals surface area contributed by atoms with Crippen LogP contribution in [-0.4, -0.2) is 71.1 Å². The lowest BCUT2D eigenvalue weighted by atomic mass is 9.96. The molecular weight excluding hydrogens is 802 g/mol. The molecule has 3 aromatic rings. The largest absolute Gasteiger partial charge is 0.504 e. The molecule has 334 valence electrons. The first kappa shape index (κ1) is 50.0. The van der Waals surface area contributed by atoms with Crippen molar-refractivity contribution in [2.45, 2.75) is 134 Å². The van der Waals surface area contributed by atoms with Gasteiger partial charge in [0.25, 0.3) is 0 Å². The fourth-order valence-electron chi connectivity index (χ4n) is 7.30. The maximum absolute atomic E-state index is 14.5. The molecule has 0 radical (unpaired) electrons. The van der Waals surface area contributed by atoms with Gasteiger partial charge in [-0.3, -0.25) is 19.2 Å². The van der Waals surface area contributed by atoms with Crippen LogP contribution in [0, 0.1) is 5.92 Å². The minimum Gasteiger partial charge on any atom is -0.504 e. The zero-order valence-electron chi connectivity index (χ0n) is 35.7. The van der Waals surface area contributed by atoms with Gasteiger partial charge >= 0.3 is 5.97 Å². The standard InChI is InChI=1S/C46H63N5O9.ClH/c1-5-6-7-8-9-10-11-12-16-19-39(53)50-41(46(57)58)40-32-27-37(52)42(59-4)38(28-32)60-33-22-20-31(21-23-33)26-35(48-43(54)34(47)24-29(2)3)44(55)49-36(45(56)51-40)25-30-17-14-13-15-18-30;/h13-15,17-18,20-23,27-29,34-36,40-41,52H,5-12,16,19,24-26,47H2,1-4H3,(H,48,54)(H,49,55)(H,50,53)(H,51,56)(H,57,58);1H/t34-,35+,36+,40-,41-;/m1./s1. The van der Waals surface area contributed by atoms with Gasteiger partial charge in [-0.2, -0.15) is 0 Å². The minimum atomic E-state index is -1.72. The first-order chi connectivity index (χ1) is 28.8. The molecule has 14 nitrogen and oxygen atoms in total. The number of hydrogen-bond acceptors (Lipinski definition) is 9. The van der Waals surface area contributed by atoms with Crippen LogP contribution in [0.2, 0.25) is 0 Å². The molecule has 3 aromatic carbocycles. The molecule has 2 aliphatic heterocycles. The summed E-state index contributed by atoms with van der Waals surface area (Å²) >= 11 is 0. The summed E-state index contributed by atoms with van der Waals surface area (Å²) in [6.07, 6.45) is 9.77. The third kappa shape index (κ3) is 15.9. The van der Waals surface area contributed by atoms with E-state index in [4.69, 9.17) is 15.2 Å². The van der Waals surface area contributed by atoms with E-state index in [0.717, 1.165) is 25.7 Å². The predicted octanol–water partition coefficient (Wildman–Crippen LogP) is 6.40. The number of nitrogens with one attached hydrogen (secondary N) is 4. The predicted molar refractivity (Wildman–Crippen MR) is 236 cm³/mol. The number of hydrogen-bond donors (Lipinski definition) is 7. The molecule has 0 aromatic heterocycles. The average Bonchev–Trinajstić information content (AvgIpc) is 3.21. The van der Waals surface area contributed by atoms with Crippen molar-refractivity contribution >= 4 is 42.0 Å². The van der Waals surface area contributed by atoms with Crippen LogP contribution in [0.25, 0.3) is 0 Å². The number of aliphatic carboxylic acids is 1. The van der Waals surface area contributed by atoms with Crippen molar-refractivity contribution in [3.8, 4) is 23.0 Å². The summed E-state index contributed by atoms with van der Waals surface area (Å²) in [6.45, 7) is 6.04. The molecule has 0 fully saturated rings. The van der Waals surface area contributed by atoms with Gasteiger partial charge in [-0.15, -0.1) is 12.4 Å². The van der Waals surface area contributed by atoms with Gasteiger partial charge in [0.2, 0.25) is 29.4 Å². The molecule has 0 aliphatic carbocycles. The summed E-state index contributed by atoms with van der Waals surface area (Å²) in [6, 6.07) is 11.7. The molecule has 0 unspecified atom stereocenters. The van der Waals surface area contributed by atoms with Crippen LogP contribution < -0.4 is 36.5 Å². The SMILES string of the molecule is CCCCCCCCCCCC(=O)N[C@@H](C(=O)O)[C@@H]1NC(=O)[C@H](Cc2ccccc2)NC(=O)[C@@H](NC(=O)[C@H](N)CC(C)C)Cc2ccc(cc2)Oc2cc1cc(O)c2OC.Cl. The van der Waals surface area contributed by atoms with Crippen LogP contribution in [0.3, 0.4) is 0 Å². The van der Waals surface area contributed by atoms with E-state index in [1.54, 1.807) is 54.6 Å². The Balaban J connectivity index is 0.00000992. The molecule has 61 heavy (non-hydrogen) atoms. The highest BCUT2D eigenvalue weighted by atomic mass is 35.5. The van der Waals surface area contributed by atoms with Crippen LogP contribution in [-0.2, 0) is 36.8 Å². The third-order valence-electron chi connectivity index (χ3n) is 10.5. The number of aromatic hydroxyl groups is 1. The normalized spacial score (nSPS) is 17.5. The molecule has 5 rings (SSSR count). The van der Waals surface area contributed by atoms with Crippen LogP contribution in [0.15, 0.2) is 66.7 Å². The average molecular weight is 866 g/mol. The summed E-state index contributed by atoms with van der Waals surface area (Å²) in [5, 5.41) is 32.8. The molecule has 5 atom stereocenters. The lowest BCUT2D eigenvalue weighted by molar-refractivity contribution is -0.143. The van der Waals surface area contributed by atoms with Gasteiger partial charge in [0, 0.05) is 19.3 Å². The van der Waals surface area contributed by atoms with E-state index >= 15 is 0 Å². The van der Waals surface area contributed by atoms with E-state index in [2.05, 4.69) is 28.2 Å². The second-order valence-electron chi connectivity index (χ2n) is 16.0. The van der Waals surface area contributed by atoms with Gasteiger partial charge in [-0.25, -0.2) is 4.79 Å². The molecule has 2 heterocycles. The van der Waals surface area contributed by atoms with E-state index in [0.29, 0.717) is 29.7 Å². The molecule has 2 aliphatic rings. The topological polar surface area (TPSA) is 218 Å². The number of phenols is 1. The number of fused-ring (bicyclic) bond motifs is 9. The second-order valence-corrected chi connectivity index (χ2v) is 16.0. The zero-order valence-corrected chi connectivity index (χ0v) is 36.6. The fourth-order valence-corrected chi connectivity index (χ4v) is 7.30. The monoisotopic (exact) mass is 865 g/mol. The molecule has 0 saturated heterocycles. The van der Waals surface area contributed by atoms with E-state index in [1.807, 2.05) is 13.8 Å². The van der Waals surface area contributed by atoms with E-state index in [-0.39, 0.29) is 54.6 Å². The van der Waals surface area contributed by atoms with Gasteiger partial charge in [0.15, 0.2) is 17.5 Å². The Morgan fingerprint density at radius 1 is 0.902 bits per heavy atom. The van der Waals surface area contributed by atoms with Gasteiger partial charge < -0.3 is 46.7 Å². The first-order valence-electron chi connectivity index (χ1n) is 21.2. The van der Waals surface area contributed by atoms with Crippen LogP contribution in [0.5, 0.6) is 23.0 Å². The number of carbonyl (C=O) groups excluding carboxylic acids is 4. The second kappa shape index (κ2) is 25.4. The number of halogens is 1. The highest BCUT2D eigenvalue weighted by Crippen LogP contribution is 2.42. The van der Waals surface area contributed by atoms with Crippen LogP contribution >= 0.6 is 12.4 Å². The smallest absolute Gasteiger partial charge is 0.328 e. The van der Waals surface area contributed by atoms with E-state index in [9.17, 15) is 34.2 Å². The zero-order chi connectivity index (χ0) is 43.6. The molecule has 8 N–H and O–H groups in total. The molecule has 0 spiro atoms. The summed E-state index contributed by atoms with van der Waals surface area (Å²) < 4.78 is 11.6. The number of ether oxygens (including phenoxy) is 2. The van der Waals surface area contributed by atoms with Crippen LogP contribution in [0.1, 0.15) is 114 Å². The van der Waals surface area contributed by atoms with Gasteiger partial charge in [0.1, 0.15) is 17.8 Å². The summed E-state index contributed by atoms with van der Waals surface area (Å²) in [4.78, 5) is 68.5. The van der Waals surface area contributed by atoms with Gasteiger partial charge in [0.05, 0.1) is 19.2 Å². The van der Waals surface area contributed by atoms with Crippen molar-refractivity contribution in [3.63, 3.8) is 0 Å². The lowest BCUT2D eigenvalue weighted by Crippen LogP contribution is -2.58. The number of carboxylic acids is 1. The Labute approximate surface area is 365 Å². The Morgan fingerprint density at radius 2 is 1.54 bits per heavy atom. The highest BCUT2D eigenvalue weighted by Gasteiger charge is 2.37. The maximum atomic E-state index is 14.5. The molecule has 15 heteroatoms. The Hall–Kier alpha value is -5.34. The van der Waals surface area contributed by atoms with Crippen molar-refractivity contribution in [1.82, 2.24) is 21.3 Å².